The lowest BCUT2D eigenvalue weighted by atomic mass is 9.82. The number of carboxylic acids is 1. The molecule has 2 aliphatic carbocycles. The molecule has 372 valence electrons. The molecular weight excluding hydrogens is 977 g/mol. The minimum atomic E-state index is -1.23. The second-order valence-corrected chi connectivity index (χ2v) is 23.3. The molecule has 9 aromatic rings. The molecular formula is C66H52N4O4S2. The molecule has 0 fully saturated rings. The van der Waals surface area contributed by atoms with E-state index in [-0.39, 0.29) is 22.1 Å². The number of anilines is 5. The number of carboxylic acid groups (broad SMARTS) is 1. The Balaban J connectivity index is 0.000000156. The average molecular weight is 1030 g/mol. The molecule has 0 saturated heterocycles. The number of rotatable bonds is 8. The fourth-order valence-electron chi connectivity index (χ4n) is 12.1. The summed E-state index contributed by atoms with van der Waals surface area (Å²) in [6.45, 7) is 11.2. The molecule has 0 spiro atoms. The van der Waals surface area contributed by atoms with Crippen molar-refractivity contribution >= 4 is 81.1 Å². The molecule has 8 nitrogen and oxygen atoms in total. The van der Waals surface area contributed by atoms with Gasteiger partial charge in [0.25, 0.3) is 5.91 Å². The van der Waals surface area contributed by atoms with E-state index in [9.17, 15) is 19.5 Å². The maximum atomic E-state index is 13.2. The molecule has 0 saturated carbocycles. The van der Waals surface area contributed by atoms with E-state index in [0.717, 1.165) is 62.3 Å². The summed E-state index contributed by atoms with van der Waals surface area (Å²) < 4.78 is 0. The quantitative estimate of drug-likeness (QED) is 0.120. The first-order chi connectivity index (χ1) is 36.8. The molecule has 2 aromatic heterocycles. The number of hydrazone groups is 1. The van der Waals surface area contributed by atoms with Gasteiger partial charge in [-0.2, -0.15) is 10.1 Å². The predicted octanol–water partition coefficient (Wildman–Crippen LogP) is 15.5. The van der Waals surface area contributed by atoms with Crippen LogP contribution in [0.15, 0.2) is 187 Å². The third-order valence-electron chi connectivity index (χ3n) is 16.0. The van der Waals surface area contributed by atoms with Crippen LogP contribution in [0.4, 0.5) is 28.4 Å². The maximum Gasteiger partial charge on any atom is 0.357 e. The minimum absolute atomic E-state index is 0.0177. The number of fused-ring (bicyclic) bond motifs is 8. The fraction of sp³-hybridized carbons (Fsp3) is 0.152. The van der Waals surface area contributed by atoms with E-state index in [1.165, 1.54) is 95.3 Å². The lowest BCUT2D eigenvalue weighted by Crippen LogP contribution is -2.22. The molecule has 0 radical (unpaired) electrons. The van der Waals surface area contributed by atoms with E-state index < -0.39 is 11.9 Å². The summed E-state index contributed by atoms with van der Waals surface area (Å²) >= 11 is 3.08. The normalized spacial score (nSPS) is 16.4. The summed E-state index contributed by atoms with van der Waals surface area (Å²) in [7, 11) is 0. The lowest BCUT2D eigenvalue weighted by molar-refractivity contribution is -0.129. The van der Waals surface area contributed by atoms with Gasteiger partial charge in [-0.3, -0.25) is 9.59 Å². The summed E-state index contributed by atoms with van der Waals surface area (Å²) in [4.78, 5) is 44.9. The first-order valence-corrected chi connectivity index (χ1v) is 27.4. The van der Waals surface area contributed by atoms with Gasteiger partial charge in [0.2, 0.25) is 0 Å². The molecule has 3 aliphatic heterocycles. The number of aliphatic carboxylic acids is 1. The van der Waals surface area contributed by atoms with Gasteiger partial charge in [-0.05, 0) is 171 Å². The monoisotopic (exact) mass is 1030 g/mol. The van der Waals surface area contributed by atoms with Crippen molar-refractivity contribution in [1.82, 2.24) is 0 Å². The van der Waals surface area contributed by atoms with Crippen LogP contribution in [0.5, 0.6) is 0 Å². The zero-order chi connectivity index (χ0) is 52.0. The Morgan fingerprint density at radius 3 is 1.54 bits per heavy atom. The number of hydrogen-bond donors (Lipinski definition) is 1. The van der Waals surface area contributed by atoms with Crippen molar-refractivity contribution in [3.05, 3.63) is 225 Å². The zero-order valence-corrected chi connectivity index (χ0v) is 44.1. The molecule has 0 unspecified atom stereocenters. The number of carbonyl (C=O) groups is 3. The highest BCUT2D eigenvalue weighted by Gasteiger charge is 2.38. The van der Waals surface area contributed by atoms with Crippen LogP contribution >= 0.6 is 22.7 Å². The van der Waals surface area contributed by atoms with E-state index in [1.807, 2.05) is 30.3 Å². The molecule has 7 aromatic carbocycles. The molecule has 1 amide bonds. The van der Waals surface area contributed by atoms with E-state index in [1.54, 1.807) is 41.7 Å². The van der Waals surface area contributed by atoms with Crippen LogP contribution < -0.4 is 14.8 Å². The van der Waals surface area contributed by atoms with Gasteiger partial charge in [-0.25, -0.2) is 4.79 Å². The third kappa shape index (κ3) is 7.77. The van der Waals surface area contributed by atoms with Gasteiger partial charge in [-0.1, -0.05) is 119 Å². The highest BCUT2D eigenvalue weighted by atomic mass is 32.1. The molecule has 76 heavy (non-hydrogen) atoms. The number of nitrogens with zero attached hydrogens (tertiary/aromatic N) is 4. The molecule has 5 aliphatic rings. The Kier molecular flexibility index (Phi) is 11.3. The third-order valence-corrected chi connectivity index (χ3v) is 18.2. The second-order valence-electron chi connectivity index (χ2n) is 21.1. The van der Waals surface area contributed by atoms with Crippen LogP contribution in [0.3, 0.4) is 0 Å². The smallest absolute Gasteiger partial charge is 0.357 e. The van der Waals surface area contributed by atoms with Crippen molar-refractivity contribution in [3.63, 3.8) is 0 Å². The SMILES string of the molecule is CC1(C)c2ccccc2-c2ccc(N3CCc4cc(-c5ccc(/C=C6\C(=O)N(c7ccccc7)N=C6C(=O)O)s5)ccc43)cc21.CC1(C)c2ccccc2-c2ccc(N3CCc4cc(-c5ccc(C=O)s5)ccc43)cc21. The molecule has 0 atom stereocenters. The van der Waals surface area contributed by atoms with Crippen LogP contribution in [0.2, 0.25) is 0 Å². The number of thiophene rings is 2. The summed E-state index contributed by atoms with van der Waals surface area (Å²) in [6.07, 6.45) is 4.55. The number of aldehydes is 1. The Labute approximate surface area is 450 Å². The first kappa shape index (κ1) is 47.3. The summed E-state index contributed by atoms with van der Waals surface area (Å²) in [5.74, 6) is -1.69. The van der Waals surface area contributed by atoms with Crippen molar-refractivity contribution < 1.29 is 19.5 Å². The lowest BCUT2D eigenvalue weighted by Gasteiger charge is -2.25. The van der Waals surface area contributed by atoms with Crippen LogP contribution in [-0.2, 0) is 33.3 Å². The Bertz CT molecular complexity index is 3950. The van der Waals surface area contributed by atoms with Gasteiger partial charge >= 0.3 is 5.97 Å². The van der Waals surface area contributed by atoms with Crippen LogP contribution in [0.1, 0.15) is 75.6 Å². The predicted molar refractivity (Wildman–Crippen MR) is 311 cm³/mol. The molecule has 0 bridgehead atoms. The highest BCUT2D eigenvalue weighted by Crippen LogP contribution is 2.52. The van der Waals surface area contributed by atoms with Gasteiger partial charge in [0, 0.05) is 61.3 Å². The van der Waals surface area contributed by atoms with Gasteiger partial charge < -0.3 is 14.9 Å². The number of para-hydroxylation sites is 1. The Hall–Kier alpha value is -8.44. The van der Waals surface area contributed by atoms with Crippen LogP contribution in [-0.4, -0.2) is 42.1 Å². The summed E-state index contributed by atoms with van der Waals surface area (Å²) in [5.41, 5.74) is 21.3. The molecule has 1 N–H and O–H groups in total. The number of amides is 1. The topological polar surface area (TPSA) is 93.5 Å². The summed E-state index contributed by atoms with van der Waals surface area (Å²) in [5, 5.41) is 15.1. The molecule has 10 heteroatoms. The Morgan fingerprint density at radius 1 is 0.539 bits per heavy atom. The standard InChI is InChI=1S/C38H29N3O3S.C28H23NOS/c1-38(2)31-11-7-6-10-28(31)29-15-13-26(21-32(29)38)40-19-18-23-20-24(12-16-33(23)40)34-17-14-27(45-34)22-30-35(37(43)44)39-41(36(30)42)25-8-4-3-5-9-25;1-28(2)24-6-4-3-5-22(24)23-10-8-20(16-25(23)28)29-14-13-18-15-19(7-11-26(18)29)27-12-9-21(17-30)31-27/h3-17,20-22H,18-19H2,1-2H3,(H,43,44);3-12,15-17H,13-14H2,1-2H3/b30-22-;. The fourth-order valence-corrected chi connectivity index (χ4v) is 13.9. The van der Waals surface area contributed by atoms with Gasteiger partial charge in [0.1, 0.15) is 0 Å². The molecule has 5 heterocycles. The van der Waals surface area contributed by atoms with Crippen molar-refractivity contribution in [2.45, 2.75) is 51.4 Å². The number of carbonyl (C=O) groups excluding carboxylic acids is 2. The molecule has 14 rings (SSSR count). The van der Waals surface area contributed by atoms with E-state index >= 15 is 0 Å². The number of hydrogen-bond acceptors (Lipinski definition) is 8. The second kappa shape index (κ2) is 18.1. The number of benzene rings is 7. The van der Waals surface area contributed by atoms with Gasteiger partial charge in [0.05, 0.1) is 16.1 Å². The van der Waals surface area contributed by atoms with E-state index in [2.05, 4.69) is 164 Å². The summed E-state index contributed by atoms with van der Waals surface area (Å²) in [6, 6.07) is 61.5. The highest BCUT2D eigenvalue weighted by molar-refractivity contribution is 7.17. The van der Waals surface area contributed by atoms with Crippen molar-refractivity contribution in [2.24, 2.45) is 5.10 Å². The van der Waals surface area contributed by atoms with Crippen LogP contribution in [0.25, 0.3) is 49.2 Å². The van der Waals surface area contributed by atoms with E-state index in [0.29, 0.717) is 5.69 Å². The van der Waals surface area contributed by atoms with Crippen molar-refractivity contribution in [1.29, 1.82) is 0 Å². The van der Waals surface area contributed by atoms with Crippen molar-refractivity contribution in [2.75, 3.05) is 27.9 Å². The maximum absolute atomic E-state index is 13.2. The first-order valence-electron chi connectivity index (χ1n) is 25.7. The Morgan fingerprint density at radius 2 is 1.03 bits per heavy atom. The van der Waals surface area contributed by atoms with Crippen LogP contribution in [0, 0.1) is 0 Å². The minimum Gasteiger partial charge on any atom is -0.476 e. The van der Waals surface area contributed by atoms with E-state index in [4.69, 9.17) is 0 Å². The van der Waals surface area contributed by atoms with Gasteiger partial charge in [-0.15, -0.1) is 22.7 Å². The van der Waals surface area contributed by atoms with Crippen molar-refractivity contribution in [3.8, 4) is 43.1 Å². The largest absolute Gasteiger partial charge is 0.476 e. The zero-order valence-electron chi connectivity index (χ0n) is 42.5. The average Bonchev–Trinajstić information content (AvgIpc) is 4.44. The van der Waals surface area contributed by atoms with Gasteiger partial charge in [0.15, 0.2) is 12.0 Å².